The van der Waals surface area contributed by atoms with Gasteiger partial charge in [-0.1, -0.05) is 0 Å². The molecule has 0 aliphatic rings. The highest BCUT2D eigenvalue weighted by Crippen LogP contribution is 2.40. The van der Waals surface area contributed by atoms with Crippen molar-refractivity contribution in [3.63, 3.8) is 0 Å². The highest BCUT2D eigenvalue weighted by molar-refractivity contribution is 14.1. The molecule has 0 atom stereocenters. The van der Waals surface area contributed by atoms with E-state index in [9.17, 15) is 30.7 Å². The molecule has 0 aliphatic carbocycles. The second kappa shape index (κ2) is 5.02. The number of alkyl halides is 8. The lowest BCUT2D eigenvalue weighted by atomic mass is 10.3. The molecule has 0 unspecified atom stereocenters. The van der Waals surface area contributed by atoms with Crippen LogP contribution < -0.4 is 0 Å². The lowest BCUT2D eigenvalue weighted by molar-refractivity contribution is -0.308. The summed E-state index contributed by atoms with van der Waals surface area (Å²) in [5.41, 5.74) is 0. The minimum absolute atomic E-state index is 0.157. The molecule has 0 heterocycles. The fourth-order valence-corrected chi connectivity index (χ4v) is 0.711. The molecule has 0 aromatic heterocycles. The first-order valence-corrected chi connectivity index (χ1v) is 4.69. The van der Waals surface area contributed by atoms with Crippen LogP contribution >= 0.6 is 22.6 Å². The average molecular weight is 354 g/mol. The van der Waals surface area contributed by atoms with Gasteiger partial charge in [-0.05, 0) is 6.42 Å². The molecule has 0 spiro atoms. The first-order valence-electron chi connectivity index (χ1n) is 3.61. The fourth-order valence-electron chi connectivity index (χ4n) is 0.555. The lowest BCUT2D eigenvalue weighted by Crippen LogP contribution is -2.38. The predicted molar refractivity (Wildman–Crippen MR) is 45.2 cm³/mol. The van der Waals surface area contributed by atoms with Crippen molar-refractivity contribution in [2.45, 2.75) is 29.1 Å². The summed E-state index contributed by atoms with van der Waals surface area (Å²) in [6, 6.07) is 0. The standard InChI is InChI=1S/C6H6F7IO/c7-4(8,9)2-1-3-15-6(12,13)5(10,11)14/h1-3H2. The Morgan fingerprint density at radius 2 is 1.40 bits per heavy atom. The molecule has 0 N–H and O–H groups in total. The Kier molecular flexibility index (Phi) is 5.09. The SMILES string of the molecule is FC(F)(F)CCCOC(F)(F)C(F)(F)I. The van der Waals surface area contributed by atoms with Crippen molar-refractivity contribution in [1.82, 2.24) is 0 Å². The van der Waals surface area contributed by atoms with E-state index >= 15 is 0 Å². The lowest BCUT2D eigenvalue weighted by Gasteiger charge is -2.21. The Labute approximate surface area is 94.1 Å². The van der Waals surface area contributed by atoms with E-state index in [4.69, 9.17) is 0 Å². The fraction of sp³-hybridized carbons (Fsp3) is 1.00. The Hall–Kier alpha value is 0.200. The van der Waals surface area contributed by atoms with Gasteiger partial charge in [0.2, 0.25) is 0 Å². The topological polar surface area (TPSA) is 9.23 Å². The van der Waals surface area contributed by atoms with E-state index < -0.39 is 35.7 Å². The Morgan fingerprint density at radius 1 is 0.933 bits per heavy atom. The van der Waals surface area contributed by atoms with Crippen LogP contribution in [0.3, 0.4) is 0 Å². The van der Waals surface area contributed by atoms with Crippen LogP contribution in [0.4, 0.5) is 30.7 Å². The highest BCUT2D eigenvalue weighted by Gasteiger charge is 2.55. The van der Waals surface area contributed by atoms with Gasteiger partial charge in [0.25, 0.3) is 0 Å². The third-order valence-corrected chi connectivity index (χ3v) is 1.85. The van der Waals surface area contributed by atoms with E-state index in [0.717, 1.165) is 0 Å². The smallest absolute Gasteiger partial charge is 0.315 e. The molecule has 0 aromatic carbocycles. The number of ether oxygens (including phenoxy) is 1. The third kappa shape index (κ3) is 6.38. The van der Waals surface area contributed by atoms with Crippen molar-refractivity contribution in [3.05, 3.63) is 0 Å². The van der Waals surface area contributed by atoms with Crippen LogP contribution in [0.25, 0.3) is 0 Å². The molecule has 0 bridgehead atoms. The summed E-state index contributed by atoms with van der Waals surface area (Å²) in [5, 5.41) is 0. The van der Waals surface area contributed by atoms with Crippen LogP contribution in [0.1, 0.15) is 12.8 Å². The highest BCUT2D eigenvalue weighted by atomic mass is 127. The van der Waals surface area contributed by atoms with Gasteiger partial charge in [0.15, 0.2) is 0 Å². The molecule has 15 heavy (non-hydrogen) atoms. The molecule has 0 rings (SSSR count). The third-order valence-electron chi connectivity index (χ3n) is 1.22. The van der Waals surface area contributed by atoms with Gasteiger partial charge < -0.3 is 4.74 Å². The molecule has 9 heteroatoms. The summed E-state index contributed by atoms with van der Waals surface area (Å²) in [6.07, 6.45) is -11.4. The van der Waals surface area contributed by atoms with Gasteiger partial charge >= 0.3 is 16.2 Å². The van der Waals surface area contributed by atoms with Gasteiger partial charge in [0.05, 0.1) is 6.61 Å². The maximum atomic E-state index is 12.3. The number of halogens is 8. The molecular formula is C6H6F7IO. The minimum atomic E-state index is -4.75. The quantitative estimate of drug-likeness (QED) is 0.314. The second-order valence-corrected chi connectivity index (χ2v) is 3.94. The maximum Gasteiger partial charge on any atom is 0.429 e. The first-order chi connectivity index (χ1) is 6.46. The van der Waals surface area contributed by atoms with Gasteiger partial charge in [0, 0.05) is 29.0 Å². The van der Waals surface area contributed by atoms with Crippen LogP contribution in [0.2, 0.25) is 0 Å². The van der Waals surface area contributed by atoms with Crippen LogP contribution in [0, 0.1) is 0 Å². The number of hydrogen-bond acceptors (Lipinski definition) is 1. The molecule has 0 aliphatic heterocycles. The van der Waals surface area contributed by atoms with E-state index in [-0.39, 0.29) is 22.6 Å². The molecule has 92 valence electrons. The number of hydrogen-bond donors (Lipinski definition) is 0. The van der Waals surface area contributed by atoms with Crippen LogP contribution in [0.15, 0.2) is 0 Å². The number of rotatable bonds is 5. The van der Waals surface area contributed by atoms with Crippen LogP contribution in [-0.4, -0.2) is 22.8 Å². The van der Waals surface area contributed by atoms with Crippen molar-refractivity contribution < 1.29 is 35.5 Å². The minimum Gasteiger partial charge on any atom is -0.315 e. The Balaban J connectivity index is 3.87. The molecule has 0 saturated heterocycles. The van der Waals surface area contributed by atoms with E-state index in [1.807, 2.05) is 0 Å². The molecule has 0 saturated carbocycles. The second-order valence-electron chi connectivity index (χ2n) is 2.58. The maximum absolute atomic E-state index is 12.3. The normalized spacial score (nSPS) is 14.4. The average Bonchev–Trinajstić information content (AvgIpc) is 1.94. The van der Waals surface area contributed by atoms with E-state index in [1.165, 1.54) is 0 Å². The summed E-state index contributed by atoms with van der Waals surface area (Å²) in [5.74, 6) is 0. The van der Waals surface area contributed by atoms with Gasteiger partial charge in [0.1, 0.15) is 0 Å². The zero-order valence-electron chi connectivity index (χ0n) is 7.05. The van der Waals surface area contributed by atoms with Gasteiger partial charge in [-0.2, -0.15) is 30.7 Å². The predicted octanol–water partition coefficient (Wildman–Crippen LogP) is 3.97. The zero-order chi connectivity index (χ0) is 12.3. The van der Waals surface area contributed by atoms with Crippen LogP contribution in [0.5, 0.6) is 0 Å². The first kappa shape index (κ1) is 15.2. The summed E-state index contributed by atoms with van der Waals surface area (Å²) in [4.78, 5) is 0. The molecular weight excluding hydrogens is 348 g/mol. The van der Waals surface area contributed by atoms with Crippen LogP contribution in [-0.2, 0) is 4.74 Å². The van der Waals surface area contributed by atoms with Crippen molar-refractivity contribution in [2.75, 3.05) is 6.61 Å². The summed E-state index contributed by atoms with van der Waals surface area (Å²) in [7, 11) is 0. The summed E-state index contributed by atoms with van der Waals surface area (Å²) < 4.78 is 82.2. The molecule has 1 nitrogen and oxygen atoms in total. The Morgan fingerprint density at radius 3 is 1.73 bits per heavy atom. The Bertz CT molecular complexity index is 197. The van der Waals surface area contributed by atoms with E-state index in [1.54, 1.807) is 0 Å². The van der Waals surface area contributed by atoms with Crippen molar-refractivity contribution in [2.24, 2.45) is 0 Å². The molecule has 0 radical (unpaired) electrons. The summed E-state index contributed by atoms with van der Waals surface area (Å²) >= 11 is 0.157. The molecule has 0 fully saturated rings. The monoisotopic (exact) mass is 354 g/mol. The molecule has 0 aromatic rings. The summed E-state index contributed by atoms with van der Waals surface area (Å²) in [6.45, 7) is -1.08. The van der Waals surface area contributed by atoms with E-state index in [0.29, 0.717) is 0 Å². The zero-order valence-corrected chi connectivity index (χ0v) is 9.21. The van der Waals surface area contributed by atoms with Gasteiger partial charge in [-0.25, -0.2) is 0 Å². The van der Waals surface area contributed by atoms with Crippen molar-refractivity contribution >= 4 is 22.6 Å². The van der Waals surface area contributed by atoms with Crippen molar-refractivity contribution in [1.29, 1.82) is 0 Å². The largest absolute Gasteiger partial charge is 0.429 e. The van der Waals surface area contributed by atoms with Crippen molar-refractivity contribution in [3.8, 4) is 0 Å². The van der Waals surface area contributed by atoms with E-state index in [2.05, 4.69) is 4.74 Å². The molecule has 0 amide bonds. The van der Waals surface area contributed by atoms with Gasteiger partial charge in [-0.3, -0.25) is 0 Å². The van der Waals surface area contributed by atoms with Gasteiger partial charge in [-0.15, -0.1) is 0 Å².